The van der Waals surface area contributed by atoms with Crippen molar-refractivity contribution < 1.29 is 23.1 Å². The molecule has 2 amide bonds. The maximum atomic E-state index is 13.5. The van der Waals surface area contributed by atoms with Crippen LogP contribution in [0.2, 0.25) is 0 Å². The van der Waals surface area contributed by atoms with Crippen LogP contribution in [0.5, 0.6) is 0 Å². The number of aliphatic imine (C=N–C) groups is 1. The number of thiazole rings is 1. The Kier molecular flexibility index (Phi) is 6.85. The Morgan fingerprint density at radius 1 is 1.37 bits per heavy atom. The Bertz CT molecular complexity index is 1220. The van der Waals surface area contributed by atoms with Crippen molar-refractivity contribution >= 4 is 34.3 Å². The number of rotatable bonds is 8. The number of urea groups is 1. The van der Waals surface area contributed by atoms with Crippen molar-refractivity contribution in [3.8, 4) is 5.82 Å². The Morgan fingerprint density at radius 2 is 2.09 bits per heavy atom. The summed E-state index contributed by atoms with van der Waals surface area (Å²) in [6.07, 6.45) is 2.20. The second-order valence-corrected chi connectivity index (χ2v) is 9.41. The van der Waals surface area contributed by atoms with Crippen molar-refractivity contribution in [2.75, 3.05) is 18.5 Å². The molecule has 0 aromatic carbocycles. The molecule has 3 aromatic heterocycles. The molecule has 1 aliphatic carbocycles. The predicted octanol–water partition coefficient (Wildman–Crippen LogP) is 3.85. The average Bonchev–Trinajstić information content (AvgIpc) is 3.24. The van der Waals surface area contributed by atoms with Crippen molar-refractivity contribution in [1.82, 2.24) is 30.3 Å². The van der Waals surface area contributed by atoms with Crippen LogP contribution < -0.4 is 10.6 Å². The molecule has 1 unspecified atom stereocenters. The van der Waals surface area contributed by atoms with Crippen LogP contribution in [0.3, 0.4) is 0 Å². The molecular formula is C21H23F3N8O2S. The topological polar surface area (TPSA) is 130 Å². The molecule has 0 bridgehead atoms. The van der Waals surface area contributed by atoms with E-state index in [1.54, 1.807) is 0 Å². The third kappa shape index (κ3) is 5.48. The van der Waals surface area contributed by atoms with Crippen molar-refractivity contribution in [1.29, 1.82) is 0 Å². The van der Waals surface area contributed by atoms with Crippen LogP contribution in [0.15, 0.2) is 29.6 Å². The molecule has 0 saturated heterocycles. The number of alkyl halides is 3. The lowest BCUT2D eigenvalue weighted by Crippen LogP contribution is -2.30. The fourth-order valence-electron chi connectivity index (χ4n) is 3.65. The summed E-state index contributed by atoms with van der Waals surface area (Å²) in [5.74, 6) is -0.448. The molecule has 186 valence electrons. The molecule has 3 N–H and O–H groups in total. The van der Waals surface area contributed by atoms with Crippen LogP contribution in [0.1, 0.15) is 41.9 Å². The van der Waals surface area contributed by atoms with Gasteiger partial charge in [0.1, 0.15) is 10.6 Å². The molecule has 1 aliphatic rings. The number of aliphatic hydroxyl groups is 1. The van der Waals surface area contributed by atoms with Crippen LogP contribution >= 0.6 is 11.3 Å². The van der Waals surface area contributed by atoms with Gasteiger partial charge in [0.25, 0.3) is 0 Å². The molecular weight excluding hydrogens is 485 g/mol. The lowest BCUT2D eigenvalue weighted by molar-refractivity contribution is -0.137. The molecule has 14 heteroatoms. The number of halogens is 3. The predicted molar refractivity (Wildman–Crippen MR) is 123 cm³/mol. The van der Waals surface area contributed by atoms with Crippen LogP contribution in [-0.4, -0.2) is 55.5 Å². The van der Waals surface area contributed by atoms with Gasteiger partial charge in [-0.05, 0) is 25.8 Å². The largest absolute Gasteiger partial charge is 0.420 e. The number of carbonyl (C=O) groups is 1. The quantitative estimate of drug-likeness (QED) is 0.396. The van der Waals surface area contributed by atoms with Gasteiger partial charge in [0.15, 0.2) is 5.82 Å². The van der Waals surface area contributed by atoms with E-state index in [2.05, 4.69) is 35.8 Å². The summed E-state index contributed by atoms with van der Waals surface area (Å²) >= 11 is 1.42. The second kappa shape index (κ2) is 9.70. The van der Waals surface area contributed by atoms with Crippen LogP contribution in [-0.2, 0) is 6.18 Å². The molecule has 0 spiro atoms. The van der Waals surface area contributed by atoms with Gasteiger partial charge in [0.2, 0.25) is 0 Å². The Balaban J connectivity index is 1.38. The Morgan fingerprint density at radius 3 is 2.71 bits per heavy atom. The van der Waals surface area contributed by atoms with Crippen molar-refractivity contribution in [3.05, 3.63) is 40.9 Å². The van der Waals surface area contributed by atoms with Gasteiger partial charge in [-0.25, -0.2) is 19.8 Å². The van der Waals surface area contributed by atoms with E-state index in [-0.39, 0.29) is 30.2 Å². The van der Waals surface area contributed by atoms with E-state index in [1.807, 2.05) is 13.8 Å². The van der Waals surface area contributed by atoms with Gasteiger partial charge in [-0.1, -0.05) is 18.3 Å². The number of pyridine rings is 1. The highest BCUT2D eigenvalue weighted by molar-refractivity contribution is 7.15. The molecule has 3 aromatic rings. The Labute approximate surface area is 202 Å². The number of amides is 2. The number of aryl methyl sites for hydroxylation is 1. The number of nitrogens with one attached hydrogen (secondary N) is 2. The summed E-state index contributed by atoms with van der Waals surface area (Å²) in [7, 11) is 0. The van der Waals surface area contributed by atoms with Gasteiger partial charge < -0.3 is 15.7 Å². The molecule has 3 heterocycles. The first-order valence-electron chi connectivity index (χ1n) is 10.7. The minimum atomic E-state index is -4.73. The van der Waals surface area contributed by atoms with E-state index in [0.29, 0.717) is 5.00 Å². The van der Waals surface area contributed by atoms with Gasteiger partial charge in [-0.3, -0.25) is 0 Å². The SMILES string of the molecule is Cc1nc(C(C)C2(CO)CC2)c(N=CCNC(=O)Nc2cnc(-n3nccn3)c(C(F)(F)F)c2)s1. The first kappa shape index (κ1) is 24.7. The third-order valence-electron chi connectivity index (χ3n) is 5.88. The normalized spacial score (nSPS) is 15.8. The summed E-state index contributed by atoms with van der Waals surface area (Å²) in [5, 5.41) is 23.5. The van der Waals surface area contributed by atoms with Crippen LogP contribution in [0.25, 0.3) is 5.82 Å². The highest BCUT2D eigenvalue weighted by Gasteiger charge is 2.48. The molecule has 35 heavy (non-hydrogen) atoms. The molecule has 4 rings (SSSR count). The van der Waals surface area contributed by atoms with E-state index in [0.717, 1.165) is 40.6 Å². The van der Waals surface area contributed by atoms with E-state index in [9.17, 15) is 23.1 Å². The van der Waals surface area contributed by atoms with Gasteiger partial charge in [0, 0.05) is 24.2 Å². The highest BCUT2D eigenvalue weighted by Crippen LogP contribution is 2.57. The molecule has 0 radical (unpaired) electrons. The molecule has 0 aliphatic heterocycles. The lowest BCUT2D eigenvalue weighted by Gasteiger charge is -2.19. The maximum Gasteiger partial charge on any atom is 0.420 e. The fourth-order valence-corrected chi connectivity index (χ4v) is 4.52. The molecule has 1 saturated carbocycles. The van der Waals surface area contributed by atoms with E-state index < -0.39 is 23.6 Å². The zero-order valence-electron chi connectivity index (χ0n) is 18.9. The third-order valence-corrected chi connectivity index (χ3v) is 6.77. The molecule has 10 nitrogen and oxygen atoms in total. The summed E-state index contributed by atoms with van der Waals surface area (Å²) in [5.41, 5.74) is -0.561. The number of carbonyl (C=O) groups excluding carboxylic acids is 1. The van der Waals surface area contributed by atoms with E-state index >= 15 is 0 Å². The smallest absolute Gasteiger partial charge is 0.396 e. The number of aliphatic hydroxyl groups excluding tert-OH is 1. The number of anilines is 1. The molecule has 1 fully saturated rings. The summed E-state index contributed by atoms with van der Waals surface area (Å²) < 4.78 is 40.5. The van der Waals surface area contributed by atoms with E-state index in [1.165, 1.54) is 29.9 Å². The first-order chi connectivity index (χ1) is 16.6. The lowest BCUT2D eigenvalue weighted by atomic mass is 9.89. The summed E-state index contributed by atoms with van der Waals surface area (Å²) in [6.45, 7) is 4.04. The monoisotopic (exact) mass is 508 g/mol. The minimum Gasteiger partial charge on any atom is -0.396 e. The van der Waals surface area contributed by atoms with Crippen molar-refractivity contribution in [2.24, 2.45) is 10.4 Å². The first-order valence-corrected chi connectivity index (χ1v) is 11.5. The number of hydrogen-bond donors (Lipinski definition) is 3. The summed E-state index contributed by atoms with van der Waals surface area (Å²) in [4.78, 5) is 25.7. The maximum absolute atomic E-state index is 13.5. The zero-order valence-corrected chi connectivity index (χ0v) is 19.7. The number of aromatic nitrogens is 5. The van der Waals surface area contributed by atoms with Gasteiger partial charge in [-0.15, -0.1) is 4.80 Å². The second-order valence-electron chi connectivity index (χ2n) is 8.22. The van der Waals surface area contributed by atoms with Crippen molar-refractivity contribution in [3.63, 3.8) is 0 Å². The molecule has 1 atom stereocenters. The minimum absolute atomic E-state index is 0.0383. The highest BCUT2D eigenvalue weighted by atomic mass is 32.1. The van der Waals surface area contributed by atoms with Gasteiger partial charge >= 0.3 is 12.2 Å². The average molecular weight is 509 g/mol. The zero-order chi connectivity index (χ0) is 25.2. The fraction of sp³-hybridized carbons (Fsp3) is 0.429. The van der Waals surface area contributed by atoms with E-state index in [4.69, 9.17) is 0 Å². The standard InChI is InChI=1S/C21H23F3N8O2S/c1-12(20(11-33)3-4-20)16-18(35-13(2)30-16)25-5-6-26-19(34)31-14-9-15(21(22,23)24)17(27-10-14)32-28-7-8-29-32/h5,7-10,12,33H,3-4,6,11H2,1-2H3,(H2,26,31,34). The number of hydrogen-bond acceptors (Lipinski definition) is 8. The van der Waals surface area contributed by atoms with Crippen LogP contribution in [0.4, 0.5) is 28.7 Å². The summed E-state index contributed by atoms with van der Waals surface area (Å²) in [6, 6.07) is 0.0461. The van der Waals surface area contributed by atoms with Crippen molar-refractivity contribution in [2.45, 2.75) is 38.8 Å². The Hall–Kier alpha value is -3.39. The van der Waals surface area contributed by atoms with Gasteiger partial charge in [0.05, 0.1) is 41.5 Å². The number of nitrogens with zero attached hydrogens (tertiary/aromatic N) is 6. The van der Waals surface area contributed by atoms with Crippen LogP contribution in [0, 0.1) is 12.3 Å². The van der Waals surface area contributed by atoms with Gasteiger partial charge in [-0.2, -0.15) is 23.4 Å².